The molecule has 1 heterocycles. The lowest BCUT2D eigenvalue weighted by molar-refractivity contribution is 0.0961. The molecule has 3 aromatic rings. The van der Waals surface area contributed by atoms with Crippen LogP contribution in [0.5, 0.6) is 11.5 Å². The third-order valence-electron chi connectivity index (χ3n) is 4.72. The lowest BCUT2D eigenvalue weighted by Crippen LogP contribution is -2.23. The lowest BCUT2D eigenvalue weighted by atomic mass is 9.81. The highest BCUT2D eigenvalue weighted by Gasteiger charge is 2.31. The van der Waals surface area contributed by atoms with E-state index in [1.54, 1.807) is 19.1 Å². The minimum absolute atomic E-state index is 0.000640. The molecule has 1 atom stereocenters. The van der Waals surface area contributed by atoms with Crippen LogP contribution in [0.4, 0.5) is 10.3 Å². The fourth-order valence-corrected chi connectivity index (χ4v) is 3.59. The van der Waals surface area contributed by atoms with Gasteiger partial charge in [0.25, 0.3) is 0 Å². The van der Waals surface area contributed by atoms with Crippen molar-refractivity contribution >= 4 is 11.7 Å². The summed E-state index contributed by atoms with van der Waals surface area (Å²) in [6, 6.07) is 13.5. The molecule has 136 valence electrons. The van der Waals surface area contributed by atoms with E-state index in [1.165, 1.54) is 12.1 Å². The number of aromatic nitrogens is 2. The average molecular weight is 363 g/mol. The van der Waals surface area contributed by atoms with E-state index in [4.69, 9.17) is 10.5 Å². The van der Waals surface area contributed by atoms with Crippen molar-refractivity contribution in [3.05, 3.63) is 76.9 Å². The van der Waals surface area contributed by atoms with E-state index in [-0.39, 0.29) is 23.5 Å². The Morgan fingerprint density at radius 2 is 1.93 bits per heavy atom. The van der Waals surface area contributed by atoms with Crippen LogP contribution in [0.3, 0.4) is 0 Å². The minimum atomic E-state index is -0.366. The highest BCUT2D eigenvalue weighted by atomic mass is 19.1. The standard InChI is InChI=1S/C21H18FN3O2/c1-12-20-17(25-21(23)24-12)9-13(10-18(20)26)16-7-2-3-8-19(16)27-15-6-4-5-14(22)11-15/h2-8,11,13H,9-10H2,1H3,(H2,23,24,25). The summed E-state index contributed by atoms with van der Waals surface area (Å²) in [7, 11) is 0. The van der Waals surface area contributed by atoms with Crippen LogP contribution in [-0.4, -0.2) is 15.8 Å². The van der Waals surface area contributed by atoms with E-state index < -0.39 is 0 Å². The average Bonchev–Trinajstić information content (AvgIpc) is 2.61. The third kappa shape index (κ3) is 3.38. The second-order valence-electron chi connectivity index (χ2n) is 6.61. The van der Waals surface area contributed by atoms with Crippen molar-refractivity contribution in [2.75, 3.05) is 5.73 Å². The fourth-order valence-electron chi connectivity index (χ4n) is 3.59. The van der Waals surface area contributed by atoms with Crippen LogP contribution < -0.4 is 10.5 Å². The SMILES string of the molecule is Cc1nc(N)nc2c1C(=O)CC(c1ccccc1Oc1cccc(F)c1)C2. The second-order valence-corrected chi connectivity index (χ2v) is 6.61. The third-order valence-corrected chi connectivity index (χ3v) is 4.72. The molecule has 0 amide bonds. The van der Waals surface area contributed by atoms with Gasteiger partial charge in [0.15, 0.2) is 5.78 Å². The molecular formula is C21H18FN3O2. The van der Waals surface area contributed by atoms with Gasteiger partial charge in [0.1, 0.15) is 17.3 Å². The van der Waals surface area contributed by atoms with Gasteiger partial charge in [-0.3, -0.25) is 4.79 Å². The van der Waals surface area contributed by atoms with Crippen molar-refractivity contribution in [1.82, 2.24) is 9.97 Å². The number of ether oxygens (including phenoxy) is 1. The highest BCUT2D eigenvalue weighted by molar-refractivity contribution is 5.99. The van der Waals surface area contributed by atoms with Crippen molar-refractivity contribution in [2.24, 2.45) is 0 Å². The first kappa shape index (κ1) is 17.1. The summed E-state index contributed by atoms with van der Waals surface area (Å²) in [5, 5.41) is 0. The lowest BCUT2D eigenvalue weighted by Gasteiger charge is -2.25. The number of rotatable bonds is 3. The number of hydrogen-bond acceptors (Lipinski definition) is 5. The maximum atomic E-state index is 13.5. The van der Waals surface area contributed by atoms with Gasteiger partial charge >= 0.3 is 0 Å². The molecule has 2 aromatic carbocycles. The van der Waals surface area contributed by atoms with Crippen LogP contribution in [0.15, 0.2) is 48.5 Å². The normalized spacial score (nSPS) is 16.1. The van der Waals surface area contributed by atoms with Crippen LogP contribution in [0.25, 0.3) is 0 Å². The minimum Gasteiger partial charge on any atom is -0.457 e. The highest BCUT2D eigenvalue weighted by Crippen LogP contribution is 2.38. The first-order valence-electron chi connectivity index (χ1n) is 8.70. The Morgan fingerprint density at radius 3 is 2.74 bits per heavy atom. The molecule has 0 fully saturated rings. The Kier molecular flexibility index (Phi) is 4.32. The van der Waals surface area contributed by atoms with Gasteiger partial charge < -0.3 is 10.5 Å². The molecule has 1 aromatic heterocycles. The van der Waals surface area contributed by atoms with Gasteiger partial charge in [-0.2, -0.15) is 0 Å². The largest absolute Gasteiger partial charge is 0.457 e. The molecule has 4 rings (SSSR count). The first-order chi connectivity index (χ1) is 13.0. The molecule has 6 heteroatoms. The number of Topliss-reactive ketones (excluding diaryl/α,β-unsaturated/α-hetero) is 1. The number of carbonyl (C=O) groups excluding carboxylic acids is 1. The number of nitrogen functional groups attached to an aromatic ring is 1. The quantitative estimate of drug-likeness (QED) is 0.754. The monoisotopic (exact) mass is 363 g/mol. The number of hydrogen-bond donors (Lipinski definition) is 1. The van der Waals surface area contributed by atoms with Crippen molar-refractivity contribution in [2.45, 2.75) is 25.7 Å². The van der Waals surface area contributed by atoms with Crippen molar-refractivity contribution < 1.29 is 13.9 Å². The van der Waals surface area contributed by atoms with Crippen molar-refractivity contribution in [1.29, 1.82) is 0 Å². The number of aryl methyl sites for hydroxylation is 1. The van der Waals surface area contributed by atoms with Gasteiger partial charge in [-0.25, -0.2) is 14.4 Å². The van der Waals surface area contributed by atoms with Gasteiger partial charge in [-0.05, 0) is 37.1 Å². The Bertz CT molecular complexity index is 1040. The first-order valence-corrected chi connectivity index (χ1v) is 8.70. The zero-order chi connectivity index (χ0) is 19.0. The van der Waals surface area contributed by atoms with E-state index in [9.17, 15) is 9.18 Å². The second kappa shape index (κ2) is 6.79. The molecular weight excluding hydrogens is 345 g/mol. The number of nitrogens with zero attached hydrogens (tertiary/aromatic N) is 2. The maximum absolute atomic E-state index is 13.5. The molecule has 0 saturated carbocycles. The molecule has 0 radical (unpaired) electrons. The summed E-state index contributed by atoms with van der Waals surface area (Å²) in [6.07, 6.45) is 0.906. The Morgan fingerprint density at radius 1 is 1.11 bits per heavy atom. The van der Waals surface area contributed by atoms with Crippen LogP contribution >= 0.6 is 0 Å². The number of para-hydroxylation sites is 1. The van der Waals surface area contributed by atoms with Crippen LogP contribution in [0.1, 0.15) is 39.6 Å². The van der Waals surface area contributed by atoms with Crippen LogP contribution in [0, 0.1) is 12.7 Å². The molecule has 1 aliphatic carbocycles. The summed E-state index contributed by atoms with van der Waals surface area (Å²) in [5.41, 5.74) is 8.51. The molecule has 2 N–H and O–H groups in total. The van der Waals surface area contributed by atoms with Gasteiger partial charge in [0, 0.05) is 18.4 Å². The molecule has 0 saturated heterocycles. The Balaban J connectivity index is 1.69. The number of halogens is 1. The summed E-state index contributed by atoms with van der Waals surface area (Å²) in [4.78, 5) is 21.1. The van der Waals surface area contributed by atoms with Gasteiger partial charge in [0.05, 0.1) is 17.0 Å². The Labute approximate surface area is 156 Å². The number of carbonyl (C=O) groups is 1. The number of ketones is 1. The molecule has 1 unspecified atom stereocenters. The zero-order valence-corrected chi connectivity index (χ0v) is 14.8. The Hall–Kier alpha value is -3.28. The van der Waals surface area contributed by atoms with E-state index in [1.807, 2.05) is 24.3 Å². The van der Waals surface area contributed by atoms with Crippen LogP contribution in [-0.2, 0) is 6.42 Å². The van der Waals surface area contributed by atoms with E-state index in [2.05, 4.69) is 9.97 Å². The summed E-state index contributed by atoms with van der Waals surface area (Å²) in [5.74, 6) is 0.719. The predicted molar refractivity (Wildman–Crippen MR) is 99.5 cm³/mol. The number of benzene rings is 2. The predicted octanol–water partition coefficient (Wildman–Crippen LogP) is 4.21. The van der Waals surface area contributed by atoms with Gasteiger partial charge in [-0.15, -0.1) is 0 Å². The molecule has 5 nitrogen and oxygen atoms in total. The van der Waals surface area contributed by atoms with Gasteiger partial charge in [0.2, 0.25) is 5.95 Å². The number of anilines is 1. The number of nitrogens with two attached hydrogens (primary N) is 1. The van der Waals surface area contributed by atoms with Crippen molar-refractivity contribution in [3.8, 4) is 11.5 Å². The smallest absolute Gasteiger partial charge is 0.220 e. The van der Waals surface area contributed by atoms with Crippen LogP contribution in [0.2, 0.25) is 0 Å². The number of fused-ring (bicyclic) bond motifs is 1. The fraction of sp³-hybridized carbons (Fsp3) is 0.190. The zero-order valence-electron chi connectivity index (χ0n) is 14.8. The topological polar surface area (TPSA) is 78.1 Å². The molecule has 0 aliphatic heterocycles. The summed E-state index contributed by atoms with van der Waals surface area (Å²) >= 11 is 0. The van der Waals surface area contributed by atoms with E-state index in [0.717, 1.165) is 5.56 Å². The summed E-state index contributed by atoms with van der Waals surface area (Å²) in [6.45, 7) is 1.77. The molecule has 1 aliphatic rings. The molecule has 0 bridgehead atoms. The van der Waals surface area contributed by atoms with E-state index in [0.29, 0.717) is 41.3 Å². The van der Waals surface area contributed by atoms with E-state index >= 15 is 0 Å². The van der Waals surface area contributed by atoms with Crippen molar-refractivity contribution in [3.63, 3.8) is 0 Å². The summed E-state index contributed by atoms with van der Waals surface area (Å²) < 4.78 is 19.4. The van der Waals surface area contributed by atoms with Gasteiger partial charge in [-0.1, -0.05) is 24.3 Å². The molecule has 27 heavy (non-hydrogen) atoms. The molecule has 0 spiro atoms. The maximum Gasteiger partial charge on any atom is 0.220 e.